The topological polar surface area (TPSA) is 12.9 Å². The second-order valence-corrected chi connectivity index (χ2v) is 2.10. The van der Waals surface area contributed by atoms with E-state index in [1.165, 1.54) is 0 Å². The molecule has 1 rings (SSSR count). The first kappa shape index (κ1) is 13.1. The Morgan fingerprint density at radius 1 is 1.67 bits per heavy atom. The van der Waals surface area contributed by atoms with E-state index >= 15 is 0 Å². The van der Waals surface area contributed by atoms with Gasteiger partial charge in [-0.1, -0.05) is 0 Å². The zero-order valence-corrected chi connectivity index (χ0v) is 7.45. The first-order valence-corrected chi connectivity index (χ1v) is 3.34. The summed E-state index contributed by atoms with van der Waals surface area (Å²) >= 11 is 6.98. The average molecular weight is 210 g/mol. The molecular formula is C4H5ArCl2NS. The van der Waals surface area contributed by atoms with Gasteiger partial charge in [0, 0.05) is 43.1 Å². The van der Waals surface area contributed by atoms with Crippen molar-refractivity contribution in [2.75, 3.05) is 0 Å². The zero-order chi connectivity index (χ0) is 5.11. The van der Waals surface area contributed by atoms with Crippen LogP contribution < -0.4 is 0 Å². The van der Waals surface area contributed by atoms with E-state index < -0.39 is 0 Å². The summed E-state index contributed by atoms with van der Waals surface area (Å²) in [5.74, 6) is 0.531. The standard InChI is InChI=1S/C4H4ClNS.Ar.ClH/c5-1-4-2-7-3-6-4;;/h2-3H,1H2;;1H. The molecule has 0 saturated carbocycles. The molecule has 0 spiro atoms. The van der Waals surface area contributed by atoms with Crippen LogP contribution in [0.15, 0.2) is 10.9 Å². The normalized spacial score (nSPS) is 7.22. The zero-order valence-electron chi connectivity index (χ0n) is 4.36. The van der Waals surface area contributed by atoms with E-state index in [2.05, 4.69) is 4.98 Å². The van der Waals surface area contributed by atoms with Crippen molar-refractivity contribution < 1.29 is 37.7 Å². The molecule has 0 N–H and O–H groups in total. The van der Waals surface area contributed by atoms with Crippen molar-refractivity contribution in [1.29, 1.82) is 0 Å². The number of halogens is 2. The number of rotatable bonds is 1. The minimum Gasteiger partial charge on any atom is -0.248 e. The number of alkyl halides is 1. The third-order valence-corrected chi connectivity index (χ3v) is 1.53. The molecule has 0 fully saturated rings. The van der Waals surface area contributed by atoms with Gasteiger partial charge >= 0.3 is 0 Å². The van der Waals surface area contributed by atoms with Gasteiger partial charge in [-0.3, -0.25) is 0 Å². The van der Waals surface area contributed by atoms with Crippen LogP contribution in [-0.4, -0.2) is 4.98 Å². The molecule has 0 amide bonds. The first-order valence-electron chi connectivity index (χ1n) is 1.86. The Morgan fingerprint density at radius 3 is 2.56 bits per heavy atom. The molecular weight excluding hydrogens is 205 g/mol. The Morgan fingerprint density at radius 2 is 2.33 bits per heavy atom. The molecule has 1 aromatic rings. The van der Waals surface area contributed by atoms with Gasteiger partial charge in [0.15, 0.2) is 0 Å². The number of hydrogen-bond donors (Lipinski definition) is 0. The van der Waals surface area contributed by atoms with Gasteiger partial charge in [0.1, 0.15) is 0 Å². The molecule has 9 heavy (non-hydrogen) atoms. The average Bonchev–Trinajstić information content (AvgIpc) is 2.14. The fraction of sp³-hybridized carbons (Fsp3) is 0.250. The van der Waals surface area contributed by atoms with Crippen molar-refractivity contribution >= 4 is 35.3 Å². The number of nitrogens with zero attached hydrogens (tertiary/aromatic N) is 1. The van der Waals surface area contributed by atoms with Crippen LogP contribution in [0.4, 0.5) is 0 Å². The fourth-order valence-electron chi connectivity index (χ4n) is 0.304. The quantitative estimate of drug-likeness (QED) is 0.648. The van der Waals surface area contributed by atoms with Gasteiger partial charge in [-0.05, 0) is 0 Å². The predicted octanol–water partition coefficient (Wildman–Crippen LogP) is 2.30. The third-order valence-electron chi connectivity index (χ3n) is 0.620. The van der Waals surface area contributed by atoms with Crippen LogP contribution >= 0.6 is 35.3 Å². The molecule has 0 aliphatic heterocycles. The molecule has 1 aromatic heterocycles. The van der Waals surface area contributed by atoms with Gasteiger partial charge < -0.3 is 0 Å². The van der Waals surface area contributed by atoms with Crippen LogP contribution in [0, 0.1) is 37.7 Å². The fourth-order valence-corrected chi connectivity index (χ4v) is 1.10. The summed E-state index contributed by atoms with van der Waals surface area (Å²) in [7, 11) is 0. The maximum atomic E-state index is 5.41. The predicted molar refractivity (Wildman–Crippen MR) is 38.9 cm³/mol. The molecule has 0 aliphatic carbocycles. The van der Waals surface area contributed by atoms with Gasteiger partial charge in [-0.15, -0.1) is 35.3 Å². The molecule has 0 bridgehead atoms. The number of hydrogen-bond acceptors (Lipinski definition) is 2. The molecule has 0 aliphatic rings. The molecule has 0 atom stereocenters. The third kappa shape index (κ3) is 4.82. The van der Waals surface area contributed by atoms with E-state index in [-0.39, 0.29) is 50.1 Å². The second kappa shape index (κ2) is 7.58. The van der Waals surface area contributed by atoms with Gasteiger partial charge in [0.25, 0.3) is 0 Å². The summed E-state index contributed by atoms with van der Waals surface area (Å²) in [6, 6.07) is 0. The van der Waals surface area contributed by atoms with Crippen LogP contribution in [-0.2, 0) is 5.88 Å². The first-order chi connectivity index (χ1) is 3.43. The molecule has 54 valence electrons. The summed E-state index contributed by atoms with van der Waals surface area (Å²) in [5.41, 5.74) is 2.74. The van der Waals surface area contributed by atoms with E-state index in [4.69, 9.17) is 11.6 Å². The van der Waals surface area contributed by atoms with Gasteiger partial charge in [-0.2, -0.15) is 0 Å². The van der Waals surface area contributed by atoms with E-state index in [1.54, 1.807) is 16.8 Å². The summed E-state index contributed by atoms with van der Waals surface area (Å²) in [6.07, 6.45) is 0. The Bertz CT molecular complexity index is 133. The molecule has 0 aromatic carbocycles. The molecule has 0 unspecified atom stereocenters. The van der Waals surface area contributed by atoms with Crippen molar-refractivity contribution in [3.8, 4) is 0 Å². The molecule has 5 heteroatoms. The smallest absolute Gasteiger partial charge is 0.0795 e. The molecule has 0 radical (unpaired) electrons. The maximum Gasteiger partial charge on any atom is 0.0795 e. The van der Waals surface area contributed by atoms with Crippen molar-refractivity contribution in [1.82, 2.24) is 4.98 Å². The second-order valence-electron chi connectivity index (χ2n) is 1.11. The Balaban J connectivity index is 0. The van der Waals surface area contributed by atoms with E-state index in [0.29, 0.717) is 5.88 Å². The number of thiazole rings is 1. The molecule has 1 heterocycles. The SMILES string of the molecule is Cl.ClCc1cscn1.[Ar]. The van der Waals surface area contributed by atoms with Gasteiger partial charge in [0.2, 0.25) is 0 Å². The van der Waals surface area contributed by atoms with Crippen molar-refractivity contribution in [3.63, 3.8) is 0 Å². The molecule has 1 nitrogen and oxygen atoms in total. The van der Waals surface area contributed by atoms with Crippen molar-refractivity contribution in [2.24, 2.45) is 0 Å². The number of aromatic nitrogens is 1. The summed E-state index contributed by atoms with van der Waals surface area (Å²) in [5, 5.41) is 1.94. The van der Waals surface area contributed by atoms with E-state index in [0.717, 1.165) is 5.69 Å². The monoisotopic (exact) mass is 209 g/mol. The largest absolute Gasteiger partial charge is 0.248 e. The van der Waals surface area contributed by atoms with Gasteiger partial charge in [-0.25, -0.2) is 4.98 Å². The van der Waals surface area contributed by atoms with Crippen molar-refractivity contribution in [3.05, 3.63) is 16.6 Å². The van der Waals surface area contributed by atoms with Crippen LogP contribution in [0.5, 0.6) is 0 Å². The van der Waals surface area contributed by atoms with Crippen molar-refractivity contribution in [2.45, 2.75) is 5.88 Å². The van der Waals surface area contributed by atoms with Crippen LogP contribution in [0.2, 0.25) is 0 Å². The minimum absolute atomic E-state index is 0. The van der Waals surface area contributed by atoms with E-state index in [9.17, 15) is 0 Å². The van der Waals surface area contributed by atoms with E-state index in [1.807, 2.05) is 5.38 Å². The summed E-state index contributed by atoms with van der Waals surface area (Å²) < 4.78 is 0. The molecule has 0 saturated heterocycles. The van der Waals surface area contributed by atoms with Crippen LogP contribution in [0.3, 0.4) is 0 Å². The van der Waals surface area contributed by atoms with Crippen LogP contribution in [0.25, 0.3) is 0 Å². The summed E-state index contributed by atoms with van der Waals surface area (Å²) in [6.45, 7) is 0. The maximum absolute atomic E-state index is 5.41. The Labute approximate surface area is 99.2 Å². The minimum atomic E-state index is 0. The Hall–Kier alpha value is 1.47. The van der Waals surface area contributed by atoms with Gasteiger partial charge in [0.05, 0.1) is 17.1 Å². The Kier molecular flexibility index (Phi) is 11.0. The van der Waals surface area contributed by atoms with Crippen LogP contribution in [0.1, 0.15) is 5.69 Å². The summed E-state index contributed by atoms with van der Waals surface area (Å²) in [4.78, 5) is 3.92.